The second kappa shape index (κ2) is 5.82. The molecule has 1 heterocycles. The van der Waals surface area contributed by atoms with Gasteiger partial charge in [-0.05, 0) is 18.5 Å². The minimum absolute atomic E-state index is 0.225. The van der Waals surface area contributed by atoms with Crippen molar-refractivity contribution in [1.29, 1.82) is 0 Å². The van der Waals surface area contributed by atoms with Gasteiger partial charge in [-0.1, -0.05) is 30.3 Å². The number of benzene rings is 1. The van der Waals surface area contributed by atoms with Crippen LogP contribution in [0.5, 0.6) is 0 Å². The number of piperidine rings is 1. The Hall–Kier alpha value is -1.62. The molecular weight excluding hydrogens is 235 g/mol. The predicted octanol–water partition coefficient (Wildman–Crippen LogP) is 1.87. The van der Waals surface area contributed by atoms with Gasteiger partial charge in [0.1, 0.15) is 6.17 Å². The quantitative estimate of drug-likeness (QED) is 0.863. The molecule has 0 bridgehead atoms. The van der Waals surface area contributed by atoms with E-state index >= 15 is 0 Å². The summed E-state index contributed by atoms with van der Waals surface area (Å²) in [5, 5.41) is 12.3. The van der Waals surface area contributed by atoms with Gasteiger partial charge >= 0.3 is 6.09 Å². The lowest BCUT2D eigenvalue weighted by molar-refractivity contribution is 0.0707. The van der Waals surface area contributed by atoms with E-state index in [2.05, 4.69) is 5.32 Å². The van der Waals surface area contributed by atoms with Crippen molar-refractivity contribution in [2.75, 3.05) is 13.1 Å². The van der Waals surface area contributed by atoms with Gasteiger partial charge in [0.25, 0.3) is 0 Å². The third kappa shape index (κ3) is 2.98. The molecule has 1 aliphatic rings. The third-order valence-corrected chi connectivity index (χ3v) is 3.21. The monoisotopic (exact) mass is 252 g/mol. The van der Waals surface area contributed by atoms with Crippen LogP contribution < -0.4 is 5.32 Å². The Morgan fingerprint density at radius 3 is 2.78 bits per heavy atom. The molecule has 18 heavy (non-hydrogen) atoms. The van der Waals surface area contributed by atoms with Crippen LogP contribution in [-0.4, -0.2) is 41.4 Å². The largest absolute Gasteiger partial charge is 0.465 e. The molecule has 1 aromatic rings. The fourth-order valence-corrected chi connectivity index (χ4v) is 2.22. The molecule has 1 amide bonds. The molecular formula is C13H17FN2O2. The molecule has 0 saturated carbocycles. The predicted molar refractivity (Wildman–Crippen MR) is 66.2 cm³/mol. The van der Waals surface area contributed by atoms with Gasteiger partial charge in [-0.25, -0.2) is 9.18 Å². The van der Waals surface area contributed by atoms with Crippen molar-refractivity contribution < 1.29 is 14.3 Å². The highest BCUT2D eigenvalue weighted by atomic mass is 19.1. The molecule has 0 spiro atoms. The van der Waals surface area contributed by atoms with Gasteiger partial charge in [0.15, 0.2) is 0 Å². The second-order valence-corrected chi connectivity index (χ2v) is 4.47. The zero-order valence-electron chi connectivity index (χ0n) is 10.1. The molecule has 5 heteroatoms. The molecule has 2 rings (SSSR count). The summed E-state index contributed by atoms with van der Waals surface area (Å²) in [6.07, 6.45) is -1.80. The SMILES string of the molecule is O=C(O)N(Cc1ccccc1)[C@@H]1CNCC[C@@H]1F. The maximum absolute atomic E-state index is 13.8. The number of carboxylic acid groups (broad SMARTS) is 1. The van der Waals surface area contributed by atoms with Crippen molar-refractivity contribution in [3.8, 4) is 0 Å². The van der Waals surface area contributed by atoms with Crippen LogP contribution in [-0.2, 0) is 6.54 Å². The number of amides is 1. The van der Waals surface area contributed by atoms with Gasteiger partial charge in [-0.3, -0.25) is 4.90 Å². The van der Waals surface area contributed by atoms with Crippen molar-refractivity contribution in [3.63, 3.8) is 0 Å². The van der Waals surface area contributed by atoms with Crippen molar-refractivity contribution in [3.05, 3.63) is 35.9 Å². The molecule has 0 radical (unpaired) electrons. The normalized spacial score (nSPS) is 23.6. The van der Waals surface area contributed by atoms with E-state index in [0.717, 1.165) is 5.56 Å². The average molecular weight is 252 g/mol. The number of nitrogens with one attached hydrogen (secondary N) is 1. The van der Waals surface area contributed by atoms with E-state index in [1.54, 1.807) is 0 Å². The summed E-state index contributed by atoms with van der Waals surface area (Å²) < 4.78 is 13.8. The fraction of sp³-hybridized carbons (Fsp3) is 0.462. The summed E-state index contributed by atoms with van der Waals surface area (Å²) in [6, 6.07) is 8.66. The highest BCUT2D eigenvalue weighted by molar-refractivity contribution is 5.65. The third-order valence-electron chi connectivity index (χ3n) is 3.21. The molecule has 0 unspecified atom stereocenters. The smallest absolute Gasteiger partial charge is 0.407 e. The molecule has 1 saturated heterocycles. The van der Waals surface area contributed by atoms with Gasteiger partial charge < -0.3 is 10.4 Å². The van der Waals surface area contributed by atoms with Crippen molar-refractivity contribution in [1.82, 2.24) is 10.2 Å². The Bertz CT molecular complexity index is 399. The Morgan fingerprint density at radius 2 is 2.17 bits per heavy atom. The van der Waals surface area contributed by atoms with Gasteiger partial charge in [-0.15, -0.1) is 0 Å². The highest BCUT2D eigenvalue weighted by Gasteiger charge is 2.32. The number of hydrogen-bond donors (Lipinski definition) is 2. The standard InChI is InChI=1S/C13H17FN2O2/c14-11-6-7-15-8-12(11)16(13(17)18)9-10-4-2-1-3-5-10/h1-5,11-12,15H,6-9H2,(H,17,18)/t11-,12+/m0/s1. The Labute approximate surface area is 105 Å². The van der Waals surface area contributed by atoms with E-state index in [4.69, 9.17) is 0 Å². The summed E-state index contributed by atoms with van der Waals surface area (Å²) in [6.45, 7) is 1.21. The number of halogens is 1. The first kappa shape index (κ1) is 12.8. The molecule has 2 N–H and O–H groups in total. The Kier molecular flexibility index (Phi) is 4.15. The summed E-state index contributed by atoms with van der Waals surface area (Å²) >= 11 is 0. The summed E-state index contributed by atoms with van der Waals surface area (Å²) in [4.78, 5) is 12.5. The minimum Gasteiger partial charge on any atom is -0.465 e. The fourth-order valence-electron chi connectivity index (χ4n) is 2.22. The van der Waals surface area contributed by atoms with Gasteiger partial charge in [0, 0.05) is 13.1 Å². The van der Waals surface area contributed by atoms with Crippen molar-refractivity contribution >= 4 is 6.09 Å². The lowest BCUT2D eigenvalue weighted by Gasteiger charge is -2.35. The number of hydrogen-bond acceptors (Lipinski definition) is 2. The second-order valence-electron chi connectivity index (χ2n) is 4.47. The van der Waals surface area contributed by atoms with Crippen LogP contribution in [0.3, 0.4) is 0 Å². The van der Waals surface area contributed by atoms with E-state index in [1.165, 1.54) is 4.90 Å². The molecule has 4 nitrogen and oxygen atoms in total. The maximum atomic E-state index is 13.8. The molecule has 1 fully saturated rings. The number of nitrogens with zero attached hydrogens (tertiary/aromatic N) is 1. The first-order chi connectivity index (χ1) is 8.68. The molecule has 1 aliphatic heterocycles. The van der Waals surface area contributed by atoms with E-state index in [-0.39, 0.29) is 6.54 Å². The van der Waals surface area contributed by atoms with Crippen molar-refractivity contribution in [2.45, 2.75) is 25.2 Å². The van der Waals surface area contributed by atoms with E-state index in [1.807, 2.05) is 30.3 Å². The lowest BCUT2D eigenvalue weighted by atomic mass is 10.0. The molecule has 98 valence electrons. The first-order valence-corrected chi connectivity index (χ1v) is 6.07. The summed E-state index contributed by atoms with van der Waals surface area (Å²) in [5.41, 5.74) is 0.873. The number of rotatable bonds is 3. The van der Waals surface area contributed by atoms with Gasteiger partial charge in [-0.2, -0.15) is 0 Å². The van der Waals surface area contributed by atoms with Crippen LogP contribution >= 0.6 is 0 Å². The Morgan fingerprint density at radius 1 is 1.44 bits per heavy atom. The molecule has 0 aromatic heterocycles. The highest BCUT2D eigenvalue weighted by Crippen LogP contribution is 2.17. The van der Waals surface area contributed by atoms with Crippen LogP contribution in [0.25, 0.3) is 0 Å². The topological polar surface area (TPSA) is 52.6 Å². The minimum atomic E-state index is -1.09. The van der Waals surface area contributed by atoms with E-state index in [0.29, 0.717) is 19.5 Å². The number of alkyl halides is 1. The van der Waals surface area contributed by atoms with Gasteiger partial charge in [0.2, 0.25) is 0 Å². The average Bonchev–Trinajstić information content (AvgIpc) is 2.38. The van der Waals surface area contributed by atoms with E-state index < -0.39 is 18.3 Å². The van der Waals surface area contributed by atoms with Crippen LogP contribution in [0.15, 0.2) is 30.3 Å². The summed E-state index contributed by atoms with van der Waals surface area (Å²) in [5.74, 6) is 0. The van der Waals surface area contributed by atoms with Crippen LogP contribution in [0, 0.1) is 0 Å². The maximum Gasteiger partial charge on any atom is 0.407 e. The first-order valence-electron chi connectivity index (χ1n) is 6.07. The van der Waals surface area contributed by atoms with Crippen LogP contribution in [0.2, 0.25) is 0 Å². The molecule has 0 aliphatic carbocycles. The molecule has 2 atom stereocenters. The zero-order chi connectivity index (χ0) is 13.0. The lowest BCUT2D eigenvalue weighted by Crippen LogP contribution is -2.53. The van der Waals surface area contributed by atoms with Gasteiger partial charge in [0.05, 0.1) is 6.04 Å². The van der Waals surface area contributed by atoms with Crippen molar-refractivity contribution in [2.24, 2.45) is 0 Å². The van der Waals surface area contributed by atoms with Crippen LogP contribution in [0.4, 0.5) is 9.18 Å². The molecule has 1 aromatic carbocycles. The zero-order valence-corrected chi connectivity index (χ0v) is 10.1. The van der Waals surface area contributed by atoms with E-state index in [9.17, 15) is 14.3 Å². The number of carbonyl (C=O) groups is 1. The van der Waals surface area contributed by atoms with Crippen LogP contribution in [0.1, 0.15) is 12.0 Å². The summed E-state index contributed by atoms with van der Waals surface area (Å²) in [7, 11) is 0. The Balaban J connectivity index is 2.10.